The van der Waals surface area contributed by atoms with Gasteiger partial charge in [-0.15, -0.1) is 0 Å². The summed E-state index contributed by atoms with van der Waals surface area (Å²) < 4.78 is 0. The smallest absolute Gasteiger partial charge is 0.254 e. The van der Waals surface area contributed by atoms with Gasteiger partial charge in [0.15, 0.2) is 0 Å². The topological polar surface area (TPSA) is 40.6 Å². The van der Waals surface area contributed by atoms with Gasteiger partial charge in [-0.1, -0.05) is 55.8 Å². The molecule has 27 heavy (non-hydrogen) atoms. The Labute approximate surface area is 161 Å². The zero-order chi connectivity index (χ0) is 19.2. The van der Waals surface area contributed by atoms with E-state index in [-0.39, 0.29) is 24.4 Å². The van der Waals surface area contributed by atoms with Gasteiger partial charge in [-0.3, -0.25) is 9.59 Å². The average molecular weight is 364 g/mol. The van der Waals surface area contributed by atoms with Crippen molar-refractivity contribution in [2.75, 3.05) is 19.6 Å². The fourth-order valence-corrected chi connectivity index (χ4v) is 3.73. The van der Waals surface area contributed by atoms with Gasteiger partial charge in [0.25, 0.3) is 5.91 Å². The molecule has 4 heteroatoms. The van der Waals surface area contributed by atoms with Crippen molar-refractivity contribution < 1.29 is 9.59 Å². The fraction of sp³-hybridized carbons (Fsp3) is 0.391. The Morgan fingerprint density at radius 1 is 1.07 bits per heavy atom. The number of benzene rings is 2. The molecule has 1 atom stereocenters. The lowest BCUT2D eigenvalue weighted by atomic mass is 9.93. The van der Waals surface area contributed by atoms with Crippen molar-refractivity contribution in [2.24, 2.45) is 0 Å². The Kier molecular flexibility index (Phi) is 6.28. The molecule has 0 aliphatic carbocycles. The molecule has 0 aromatic heterocycles. The third-order valence-corrected chi connectivity index (χ3v) is 5.33. The molecular weight excluding hydrogens is 336 g/mol. The average Bonchev–Trinajstić information content (AvgIpc) is 2.71. The first-order chi connectivity index (χ1) is 13.1. The van der Waals surface area contributed by atoms with Crippen LogP contribution in [0, 0.1) is 0 Å². The van der Waals surface area contributed by atoms with E-state index < -0.39 is 0 Å². The molecule has 0 fully saturated rings. The second-order valence-electron chi connectivity index (χ2n) is 7.16. The van der Waals surface area contributed by atoms with Crippen LogP contribution >= 0.6 is 0 Å². The van der Waals surface area contributed by atoms with E-state index in [2.05, 4.69) is 26.0 Å². The van der Waals surface area contributed by atoms with Gasteiger partial charge in [0.05, 0.1) is 6.04 Å². The van der Waals surface area contributed by atoms with E-state index in [1.54, 1.807) is 4.90 Å². The first-order valence-electron chi connectivity index (χ1n) is 9.83. The number of rotatable bonds is 6. The van der Waals surface area contributed by atoms with Crippen LogP contribution in [0.1, 0.15) is 54.2 Å². The molecule has 4 nitrogen and oxygen atoms in total. The fourth-order valence-electron chi connectivity index (χ4n) is 3.73. The summed E-state index contributed by atoms with van der Waals surface area (Å²) in [6, 6.07) is 17.6. The van der Waals surface area contributed by atoms with Crippen LogP contribution in [0.3, 0.4) is 0 Å². The molecule has 2 amide bonds. The monoisotopic (exact) mass is 364 g/mol. The van der Waals surface area contributed by atoms with Crippen LogP contribution in [0.4, 0.5) is 0 Å². The van der Waals surface area contributed by atoms with Crippen LogP contribution in [0.5, 0.6) is 0 Å². The molecule has 3 rings (SSSR count). The van der Waals surface area contributed by atoms with E-state index in [1.165, 1.54) is 11.1 Å². The summed E-state index contributed by atoms with van der Waals surface area (Å²) in [6.45, 7) is 5.62. The summed E-state index contributed by atoms with van der Waals surface area (Å²) in [5, 5.41) is 0. The van der Waals surface area contributed by atoms with Crippen molar-refractivity contribution in [3.63, 3.8) is 0 Å². The predicted octanol–water partition coefficient (Wildman–Crippen LogP) is 4.07. The van der Waals surface area contributed by atoms with E-state index in [0.717, 1.165) is 19.3 Å². The molecular formula is C23H28N2O2. The van der Waals surface area contributed by atoms with Crippen molar-refractivity contribution in [3.8, 4) is 0 Å². The number of carbonyl (C=O) groups is 2. The lowest BCUT2D eigenvalue weighted by Crippen LogP contribution is -2.46. The highest BCUT2D eigenvalue weighted by Crippen LogP contribution is 2.29. The highest BCUT2D eigenvalue weighted by Gasteiger charge is 2.29. The predicted molar refractivity (Wildman–Crippen MR) is 108 cm³/mol. The number of unbranched alkanes of at least 4 members (excludes halogenated alkanes) is 1. The molecule has 1 unspecified atom stereocenters. The summed E-state index contributed by atoms with van der Waals surface area (Å²) in [5.74, 6) is -0.0418. The molecule has 2 aromatic rings. The van der Waals surface area contributed by atoms with Crippen LogP contribution in [0.2, 0.25) is 0 Å². The van der Waals surface area contributed by atoms with Crippen LogP contribution in [-0.2, 0) is 11.2 Å². The lowest BCUT2D eigenvalue weighted by molar-refractivity contribution is -0.134. The molecule has 0 spiro atoms. The standard InChI is InChI=1S/C23H28N2O2/c1-3-4-15-24(23(27)20-11-6-5-7-12-20)17-22(26)25-16-14-19-10-8-9-13-21(19)18(25)2/h5-13,18H,3-4,14-17H2,1-2H3. The van der Waals surface area contributed by atoms with Crippen LogP contribution < -0.4 is 0 Å². The van der Waals surface area contributed by atoms with Gasteiger partial charge in [0, 0.05) is 18.7 Å². The molecule has 1 aliphatic rings. The van der Waals surface area contributed by atoms with Crippen LogP contribution in [0.25, 0.3) is 0 Å². The number of fused-ring (bicyclic) bond motifs is 1. The van der Waals surface area contributed by atoms with E-state index in [0.29, 0.717) is 18.7 Å². The minimum absolute atomic E-state index is 0.0254. The third kappa shape index (κ3) is 4.38. The maximum atomic E-state index is 13.1. The quantitative estimate of drug-likeness (QED) is 0.775. The number of carbonyl (C=O) groups excluding carboxylic acids is 2. The van der Waals surface area contributed by atoms with Crippen molar-refractivity contribution in [3.05, 3.63) is 71.3 Å². The molecule has 1 aliphatic heterocycles. The molecule has 1 heterocycles. The SMILES string of the molecule is CCCCN(CC(=O)N1CCc2ccccc2C1C)C(=O)c1ccccc1. The van der Waals surface area contributed by atoms with Crippen molar-refractivity contribution in [1.82, 2.24) is 9.80 Å². The van der Waals surface area contributed by atoms with Crippen molar-refractivity contribution in [2.45, 2.75) is 39.2 Å². The van der Waals surface area contributed by atoms with Crippen LogP contribution in [-0.4, -0.2) is 41.2 Å². The highest BCUT2D eigenvalue weighted by molar-refractivity contribution is 5.96. The summed E-state index contributed by atoms with van der Waals surface area (Å²) >= 11 is 0. The second-order valence-corrected chi connectivity index (χ2v) is 7.16. The Bertz CT molecular complexity index is 788. The largest absolute Gasteiger partial charge is 0.334 e. The molecule has 0 radical (unpaired) electrons. The minimum atomic E-state index is -0.0672. The second kappa shape index (κ2) is 8.85. The van der Waals surface area contributed by atoms with Gasteiger partial charge in [0.1, 0.15) is 6.54 Å². The molecule has 0 saturated heterocycles. The van der Waals surface area contributed by atoms with E-state index in [1.807, 2.05) is 47.4 Å². The first kappa shape index (κ1) is 19.2. The third-order valence-electron chi connectivity index (χ3n) is 5.33. The van der Waals surface area contributed by atoms with Gasteiger partial charge < -0.3 is 9.80 Å². The van der Waals surface area contributed by atoms with Gasteiger partial charge in [0.2, 0.25) is 5.91 Å². The van der Waals surface area contributed by atoms with E-state index in [4.69, 9.17) is 0 Å². The zero-order valence-electron chi connectivity index (χ0n) is 16.2. The van der Waals surface area contributed by atoms with Gasteiger partial charge in [-0.2, -0.15) is 0 Å². The van der Waals surface area contributed by atoms with Gasteiger partial charge in [-0.05, 0) is 43.0 Å². The first-order valence-corrected chi connectivity index (χ1v) is 9.83. The lowest BCUT2D eigenvalue weighted by Gasteiger charge is -2.36. The normalized spacial score (nSPS) is 15.9. The zero-order valence-corrected chi connectivity index (χ0v) is 16.2. The summed E-state index contributed by atoms with van der Waals surface area (Å²) in [6.07, 6.45) is 2.75. The van der Waals surface area contributed by atoms with Crippen LogP contribution in [0.15, 0.2) is 54.6 Å². The summed E-state index contributed by atoms with van der Waals surface area (Å²) in [4.78, 5) is 29.6. The molecule has 0 saturated carbocycles. The molecule has 142 valence electrons. The van der Waals surface area contributed by atoms with Crippen molar-refractivity contribution in [1.29, 1.82) is 0 Å². The molecule has 0 bridgehead atoms. The summed E-state index contributed by atoms with van der Waals surface area (Å²) in [5.41, 5.74) is 3.17. The van der Waals surface area contributed by atoms with Gasteiger partial charge in [-0.25, -0.2) is 0 Å². The Hall–Kier alpha value is -2.62. The maximum absolute atomic E-state index is 13.1. The Morgan fingerprint density at radius 3 is 2.52 bits per heavy atom. The summed E-state index contributed by atoms with van der Waals surface area (Å²) in [7, 11) is 0. The number of amides is 2. The number of hydrogen-bond acceptors (Lipinski definition) is 2. The van der Waals surface area contributed by atoms with Crippen molar-refractivity contribution >= 4 is 11.8 Å². The van der Waals surface area contributed by atoms with E-state index >= 15 is 0 Å². The number of hydrogen-bond donors (Lipinski definition) is 0. The Balaban J connectivity index is 1.74. The van der Waals surface area contributed by atoms with Gasteiger partial charge >= 0.3 is 0 Å². The number of nitrogens with zero attached hydrogens (tertiary/aromatic N) is 2. The molecule has 2 aromatic carbocycles. The van der Waals surface area contributed by atoms with E-state index in [9.17, 15) is 9.59 Å². The maximum Gasteiger partial charge on any atom is 0.254 e. The highest BCUT2D eigenvalue weighted by atomic mass is 16.2. The Morgan fingerprint density at radius 2 is 1.78 bits per heavy atom. The molecule has 0 N–H and O–H groups in total. The minimum Gasteiger partial charge on any atom is -0.334 e.